The van der Waals surface area contributed by atoms with Gasteiger partial charge in [-0.1, -0.05) is 141 Å². The predicted molar refractivity (Wildman–Crippen MR) is 234 cm³/mol. The van der Waals surface area contributed by atoms with Gasteiger partial charge >= 0.3 is 19.8 Å². The standard InChI is InChI=1S/C46H89NO8P.ClH/c1-7-10-12-14-16-18-20-22-24-26-28-30-32-34-36-38-45(48)51-42-44(43-54-56(50,52-9-3)53-41-40-47(4,5)6)55-46(49)39-37-35-33-31-29-27-25-23-21-19-17-15-13-11-8-2;/h22-25,44H,7-21,26-43H2,1-6H3;1H/q+1;/p-1/b24-22-,25-23-;/t44-,56?;/m1./s1. The van der Waals surface area contributed by atoms with Crippen LogP contribution in [0.25, 0.3) is 0 Å². The Morgan fingerprint density at radius 2 is 0.930 bits per heavy atom. The number of esters is 2. The summed E-state index contributed by atoms with van der Waals surface area (Å²) in [5.74, 6) is -0.727. The molecule has 0 fully saturated rings. The van der Waals surface area contributed by atoms with Crippen LogP contribution in [0.5, 0.6) is 0 Å². The van der Waals surface area contributed by atoms with Crippen molar-refractivity contribution < 1.29 is 54.1 Å². The van der Waals surface area contributed by atoms with Crippen molar-refractivity contribution in [1.29, 1.82) is 0 Å². The second-order valence-electron chi connectivity index (χ2n) is 16.5. The number of nitrogens with zero attached hydrogens (tertiary/aromatic N) is 1. The van der Waals surface area contributed by atoms with Crippen LogP contribution < -0.4 is 12.4 Å². The minimum Gasteiger partial charge on any atom is -1.00 e. The molecule has 0 saturated carbocycles. The molecule has 0 spiro atoms. The van der Waals surface area contributed by atoms with Crippen LogP contribution in [0, 0.1) is 0 Å². The normalized spacial score (nSPS) is 13.5. The van der Waals surface area contributed by atoms with E-state index in [1.807, 2.05) is 21.1 Å². The van der Waals surface area contributed by atoms with E-state index >= 15 is 0 Å². The molecule has 11 heteroatoms. The van der Waals surface area contributed by atoms with Crippen molar-refractivity contribution >= 4 is 19.8 Å². The molecular formula is C46H89ClNO8P. The molecule has 0 aliphatic carbocycles. The van der Waals surface area contributed by atoms with Gasteiger partial charge in [-0.3, -0.25) is 23.2 Å². The minimum atomic E-state index is -3.90. The Kier molecular flexibility index (Phi) is 42.1. The molecule has 0 radical (unpaired) electrons. The van der Waals surface area contributed by atoms with E-state index in [1.54, 1.807) is 6.92 Å². The zero-order valence-corrected chi connectivity index (χ0v) is 39.4. The van der Waals surface area contributed by atoms with Gasteiger partial charge in [-0.05, 0) is 71.1 Å². The highest BCUT2D eigenvalue weighted by Gasteiger charge is 2.30. The third kappa shape index (κ3) is 42.7. The van der Waals surface area contributed by atoms with Crippen LogP contribution in [0.15, 0.2) is 24.3 Å². The summed E-state index contributed by atoms with van der Waals surface area (Å²) in [4.78, 5) is 25.4. The summed E-state index contributed by atoms with van der Waals surface area (Å²) in [5, 5.41) is 0. The number of hydrogen-bond acceptors (Lipinski definition) is 8. The Labute approximate surface area is 357 Å². The summed E-state index contributed by atoms with van der Waals surface area (Å²) in [7, 11) is 2.12. The van der Waals surface area contributed by atoms with E-state index in [4.69, 9.17) is 23.0 Å². The van der Waals surface area contributed by atoms with E-state index in [0.29, 0.717) is 17.4 Å². The third-order valence-corrected chi connectivity index (χ3v) is 11.3. The van der Waals surface area contributed by atoms with Gasteiger partial charge in [0.05, 0.1) is 34.4 Å². The largest absolute Gasteiger partial charge is 1.00 e. The van der Waals surface area contributed by atoms with E-state index in [0.717, 1.165) is 70.6 Å². The zero-order chi connectivity index (χ0) is 41.4. The molecule has 0 aromatic heterocycles. The first-order valence-corrected chi connectivity index (χ1v) is 24.5. The molecule has 0 heterocycles. The lowest BCUT2D eigenvalue weighted by Gasteiger charge is -2.25. The number of unbranched alkanes of at least 4 members (excludes halogenated alkanes) is 22. The third-order valence-electron chi connectivity index (χ3n) is 9.73. The number of likely N-dealkylation sites (N-methyl/N-ethyl adjacent to an activating group) is 1. The van der Waals surface area contributed by atoms with Crippen LogP contribution >= 0.6 is 7.82 Å². The number of quaternary nitrogens is 1. The van der Waals surface area contributed by atoms with Crippen molar-refractivity contribution in [3.8, 4) is 0 Å². The number of carbonyl (C=O) groups is 2. The lowest BCUT2D eigenvalue weighted by atomic mass is 10.1. The molecular weight excluding hydrogens is 761 g/mol. The van der Waals surface area contributed by atoms with E-state index in [1.165, 1.54) is 96.3 Å². The molecule has 0 saturated heterocycles. The minimum absolute atomic E-state index is 0. The summed E-state index contributed by atoms with van der Waals surface area (Å²) < 4.78 is 41.7. The maximum Gasteiger partial charge on any atom is 0.475 e. The van der Waals surface area contributed by atoms with Crippen LogP contribution in [0.1, 0.15) is 201 Å². The molecule has 0 bridgehead atoms. The van der Waals surface area contributed by atoms with E-state index < -0.39 is 13.9 Å². The molecule has 9 nitrogen and oxygen atoms in total. The van der Waals surface area contributed by atoms with Gasteiger partial charge in [-0.2, -0.15) is 0 Å². The first-order valence-electron chi connectivity index (χ1n) is 23.0. The number of rotatable bonds is 42. The maximum absolute atomic E-state index is 13.3. The van der Waals surface area contributed by atoms with Crippen LogP contribution in [0.3, 0.4) is 0 Å². The molecule has 0 N–H and O–H groups in total. The molecule has 0 rings (SSSR count). The first-order chi connectivity index (χ1) is 27.0. The highest BCUT2D eigenvalue weighted by molar-refractivity contribution is 7.48. The Morgan fingerprint density at radius 1 is 0.526 bits per heavy atom. The molecule has 0 aromatic carbocycles. The predicted octanol–water partition coefficient (Wildman–Crippen LogP) is 10.4. The van der Waals surface area contributed by atoms with Gasteiger partial charge in [0.2, 0.25) is 0 Å². The van der Waals surface area contributed by atoms with Gasteiger partial charge < -0.3 is 26.4 Å². The summed E-state index contributed by atoms with van der Waals surface area (Å²) >= 11 is 0. The molecule has 57 heavy (non-hydrogen) atoms. The summed E-state index contributed by atoms with van der Waals surface area (Å²) in [6.07, 6.45) is 39.8. The Hall–Kier alpha value is -1.22. The fraction of sp³-hybridized carbons (Fsp3) is 0.870. The molecule has 2 atom stereocenters. The van der Waals surface area contributed by atoms with Crippen LogP contribution in [0.2, 0.25) is 0 Å². The highest BCUT2D eigenvalue weighted by Crippen LogP contribution is 2.49. The molecule has 0 aliphatic heterocycles. The van der Waals surface area contributed by atoms with Crippen LogP contribution in [-0.2, 0) is 37.2 Å². The average Bonchev–Trinajstić information content (AvgIpc) is 3.15. The molecule has 338 valence electrons. The summed E-state index contributed by atoms with van der Waals surface area (Å²) in [6, 6.07) is 0. The zero-order valence-electron chi connectivity index (χ0n) is 37.8. The Morgan fingerprint density at radius 3 is 1.35 bits per heavy atom. The number of phosphoric ester groups is 1. The van der Waals surface area contributed by atoms with Crippen molar-refractivity contribution in [3.05, 3.63) is 24.3 Å². The van der Waals surface area contributed by atoms with Gasteiger partial charge in [0.1, 0.15) is 19.8 Å². The first kappa shape index (κ1) is 57.9. The molecule has 0 aromatic rings. The highest BCUT2D eigenvalue weighted by atomic mass is 35.5. The van der Waals surface area contributed by atoms with E-state index in [-0.39, 0.29) is 57.2 Å². The van der Waals surface area contributed by atoms with Gasteiger partial charge in [0, 0.05) is 12.8 Å². The number of halogens is 1. The van der Waals surface area contributed by atoms with Gasteiger partial charge in [0.15, 0.2) is 6.10 Å². The quantitative estimate of drug-likeness (QED) is 0.0197. The number of phosphoric acid groups is 1. The van der Waals surface area contributed by atoms with Crippen molar-refractivity contribution in [2.45, 2.75) is 207 Å². The van der Waals surface area contributed by atoms with E-state index in [2.05, 4.69) is 38.2 Å². The van der Waals surface area contributed by atoms with Gasteiger partial charge in [0.25, 0.3) is 0 Å². The average molecular weight is 851 g/mol. The number of allylic oxidation sites excluding steroid dienone is 4. The van der Waals surface area contributed by atoms with Crippen molar-refractivity contribution in [2.24, 2.45) is 0 Å². The Balaban J connectivity index is 0. The van der Waals surface area contributed by atoms with Crippen LogP contribution in [0.4, 0.5) is 0 Å². The topological polar surface area (TPSA) is 97.4 Å². The molecule has 0 aliphatic rings. The molecule has 0 amide bonds. The smallest absolute Gasteiger partial charge is 0.475 e. The number of ether oxygens (including phenoxy) is 2. The SMILES string of the molecule is CCCCCCCC/C=C\CCCCCCCC(=O)OC[C@H](COP(=O)(OCC)OCC[N+](C)(C)C)OC(=O)CCCCCCC/C=C\CCCCCCCC.[Cl-]. The fourth-order valence-electron chi connectivity index (χ4n) is 6.17. The van der Waals surface area contributed by atoms with Gasteiger partial charge in [-0.15, -0.1) is 0 Å². The summed E-state index contributed by atoms with van der Waals surface area (Å²) in [6.45, 7) is 6.69. The van der Waals surface area contributed by atoms with Crippen molar-refractivity contribution in [3.63, 3.8) is 0 Å². The second-order valence-corrected chi connectivity index (χ2v) is 18.1. The second kappa shape index (κ2) is 41.5. The number of hydrogen-bond donors (Lipinski definition) is 0. The van der Waals surface area contributed by atoms with Gasteiger partial charge in [-0.25, -0.2) is 4.57 Å². The van der Waals surface area contributed by atoms with Crippen molar-refractivity contribution in [2.75, 3.05) is 54.1 Å². The maximum atomic E-state index is 13.3. The monoisotopic (exact) mass is 850 g/mol. The Bertz CT molecular complexity index is 1020. The summed E-state index contributed by atoms with van der Waals surface area (Å²) in [5.41, 5.74) is 0. The fourth-order valence-corrected chi connectivity index (χ4v) is 7.36. The lowest BCUT2D eigenvalue weighted by Crippen LogP contribution is -3.00. The van der Waals surface area contributed by atoms with E-state index in [9.17, 15) is 14.2 Å². The van der Waals surface area contributed by atoms with Crippen molar-refractivity contribution in [1.82, 2.24) is 0 Å². The number of carbonyl (C=O) groups excluding carboxylic acids is 2. The molecule has 1 unspecified atom stereocenters. The van der Waals surface area contributed by atoms with Crippen LogP contribution in [-0.4, -0.2) is 76.6 Å². The lowest BCUT2D eigenvalue weighted by molar-refractivity contribution is -0.870.